The van der Waals surface area contributed by atoms with Crippen molar-refractivity contribution >= 4 is 17.3 Å². The van der Waals surface area contributed by atoms with Gasteiger partial charge in [0.15, 0.2) is 5.78 Å². The van der Waals surface area contributed by atoms with E-state index in [1.165, 1.54) is 0 Å². The molecule has 2 unspecified atom stereocenters. The lowest BCUT2D eigenvalue weighted by Gasteiger charge is -2.44. The van der Waals surface area contributed by atoms with Crippen molar-refractivity contribution < 1.29 is 14.3 Å². The van der Waals surface area contributed by atoms with Crippen LogP contribution < -0.4 is 4.74 Å². The van der Waals surface area contributed by atoms with Crippen molar-refractivity contribution in [2.45, 2.75) is 59.3 Å². The molecule has 0 bridgehead atoms. The van der Waals surface area contributed by atoms with Crippen LogP contribution in [0.25, 0.3) is 0 Å². The van der Waals surface area contributed by atoms with Gasteiger partial charge in [0.1, 0.15) is 11.5 Å². The molecule has 1 aliphatic heterocycles. The zero-order chi connectivity index (χ0) is 23.4. The summed E-state index contributed by atoms with van der Waals surface area (Å²) >= 11 is 0. The van der Waals surface area contributed by atoms with Crippen molar-refractivity contribution in [1.29, 1.82) is 0 Å². The Balaban J connectivity index is 1.61. The lowest BCUT2D eigenvalue weighted by molar-refractivity contribution is -0.124. The lowest BCUT2D eigenvalue weighted by atomic mass is 9.60. The third-order valence-electron chi connectivity index (χ3n) is 6.82. The molecule has 1 aromatic carbocycles. The lowest BCUT2D eigenvalue weighted by Crippen LogP contribution is -2.45. The minimum atomic E-state index is -0.395. The van der Waals surface area contributed by atoms with Crippen LogP contribution in [0.15, 0.2) is 59.1 Å². The van der Waals surface area contributed by atoms with Gasteiger partial charge in [-0.25, -0.2) is 4.98 Å². The first-order chi connectivity index (χ1) is 15.6. The number of fused-ring (bicyclic) bond motifs is 1. The molecule has 3 aliphatic rings. The summed E-state index contributed by atoms with van der Waals surface area (Å²) in [6, 6.07) is 7.67. The highest BCUT2D eigenvalue weighted by atomic mass is 16.5. The molecule has 170 valence electrons. The minimum Gasteiger partial charge on any atom is -0.437 e. The van der Waals surface area contributed by atoms with Crippen molar-refractivity contribution in [3.05, 3.63) is 59.7 Å². The molecule has 2 aromatic rings. The summed E-state index contributed by atoms with van der Waals surface area (Å²) in [4.78, 5) is 40.1. The Hall–Kier alpha value is -3.15. The number of hydrogen-bond acceptors (Lipinski definition) is 6. The second-order valence-corrected chi connectivity index (χ2v) is 11.1. The molecule has 1 fully saturated rings. The number of Topliss-reactive ketones (excluding diaryl/α,β-unsaturated/α-hetero) is 2. The molecular formula is C27H29N3O3. The number of rotatable bonds is 3. The summed E-state index contributed by atoms with van der Waals surface area (Å²) in [6.07, 6.45) is 7.18. The molecule has 5 rings (SSSR count). The van der Waals surface area contributed by atoms with E-state index in [9.17, 15) is 9.59 Å². The SMILES string of the molecule is CC1(C)CC(=O)C2C(=NC3=C(C(=O)CC(C)(C)C3)C2c2cccc(Oc3cnccn3)c2)C1. The van der Waals surface area contributed by atoms with Gasteiger partial charge in [-0.15, -0.1) is 0 Å². The molecule has 2 aliphatic carbocycles. The molecule has 0 spiro atoms. The average Bonchev–Trinajstić information content (AvgIpc) is 2.71. The van der Waals surface area contributed by atoms with E-state index in [-0.39, 0.29) is 28.3 Å². The van der Waals surface area contributed by atoms with Crippen LogP contribution in [0.5, 0.6) is 11.6 Å². The van der Waals surface area contributed by atoms with E-state index in [4.69, 9.17) is 9.73 Å². The fourth-order valence-electron chi connectivity index (χ4n) is 5.60. The molecule has 0 radical (unpaired) electrons. The molecule has 6 nitrogen and oxygen atoms in total. The van der Waals surface area contributed by atoms with Gasteiger partial charge in [-0.2, -0.15) is 0 Å². The van der Waals surface area contributed by atoms with Gasteiger partial charge >= 0.3 is 0 Å². The van der Waals surface area contributed by atoms with Crippen LogP contribution in [-0.2, 0) is 9.59 Å². The summed E-state index contributed by atoms with van der Waals surface area (Å²) in [7, 11) is 0. The Morgan fingerprint density at radius 1 is 0.939 bits per heavy atom. The fourth-order valence-corrected chi connectivity index (χ4v) is 5.60. The molecule has 2 heterocycles. The maximum atomic E-state index is 13.4. The van der Waals surface area contributed by atoms with Crippen LogP contribution in [0, 0.1) is 16.7 Å². The van der Waals surface area contributed by atoms with E-state index in [1.807, 2.05) is 24.3 Å². The third-order valence-corrected chi connectivity index (χ3v) is 6.82. The molecule has 0 amide bonds. The van der Waals surface area contributed by atoms with E-state index >= 15 is 0 Å². The topological polar surface area (TPSA) is 81.5 Å². The highest BCUT2D eigenvalue weighted by Crippen LogP contribution is 2.51. The zero-order valence-electron chi connectivity index (χ0n) is 19.6. The van der Waals surface area contributed by atoms with Crippen molar-refractivity contribution in [1.82, 2.24) is 9.97 Å². The van der Waals surface area contributed by atoms with Gasteiger partial charge in [0.05, 0.1) is 12.1 Å². The Bertz CT molecular complexity index is 1190. The van der Waals surface area contributed by atoms with Crippen LogP contribution in [0.2, 0.25) is 0 Å². The second-order valence-electron chi connectivity index (χ2n) is 11.1. The molecule has 0 N–H and O–H groups in total. The summed E-state index contributed by atoms with van der Waals surface area (Å²) in [5, 5.41) is 0. The van der Waals surface area contributed by atoms with E-state index in [0.29, 0.717) is 30.0 Å². The van der Waals surface area contributed by atoms with Crippen LogP contribution in [0.3, 0.4) is 0 Å². The van der Waals surface area contributed by atoms with Crippen molar-refractivity contribution in [2.75, 3.05) is 0 Å². The number of aliphatic imine (C=N–C) groups is 1. The van der Waals surface area contributed by atoms with E-state index in [2.05, 4.69) is 37.7 Å². The normalized spacial score (nSPS) is 25.8. The molecule has 2 atom stereocenters. The van der Waals surface area contributed by atoms with Crippen LogP contribution in [-0.4, -0.2) is 27.2 Å². The molecular weight excluding hydrogens is 414 g/mol. The van der Waals surface area contributed by atoms with Crippen molar-refractivity contribution in [3.8, 4) is 11.6 Å². The van der Waals surface area contributed by atoms with Gasteiger partial charge < -0.3 is 4.74 Å². The second kappa shape index (κ2) is 7.72. The average molecular weight is 444 g/mol. The van der Waals surface area contributed by atoms with Crippen LogP contribution in [0.4, 0.5) is 0 Å². The summed E-state index contributed by atoms with van der Waals surface area (Å²) in [5.41, 5.74) is 3.14. The molecule has 0 saturated heterocycles. The zero-order valence-corrected chi connectivity index (χ0v) is 19.6. The number of ketones is 2. The molecule has 6 heteroatoms. The monoisotopic (exact) mass is 443 g/mol. The number of ether oxygens (including phenoxy) is 1. The highest BCUT2D eigenvalue weighted by molar-refractivity contribution is 6.13. The first kappa shape index (κ1) is 21.7. The predicted octanol–water partition coefficient (Wildman–Crippen LogP) is 5.46. The smallest absolute Gasteiger partial charge is 0.237 e. The summed E-state index contributed by atoms with van der Waals surface area (Å²) in [6.45, 7) is 8.46. The van der Waals surface area contributed by atoms with Gasteiger partial charge in [-0.3, -0.25) is 19.6 Å². The highest BCUT2D eigenvalue weighted by Gasteiger charge is 2.49. The maximum absolute atomic E-state index is 13.4. The molecule has 1 saturated carbocycles. The number of nitrogens with zero attached hydrogens (tertiary/aromatic N) is 3. The fraction of sp³-hybridized carbons (Fsp3) is 0.444. The number of allylic oxidation sites excluding steroid dienone is 2. The maximum Gasteiger partial charge on any atom is 0.237 e. The Kier molecular flexibility index (Phi) is 5.07. The number of aromatic nitrogens is 2. The number of carbonyl (C=O) groups excluding carboxylic acids is 2. The third kappa shape index (κ3) is 4.14. The Morgan fingerprint density at radius 2 is 1.73 bits per heavy atom. The number of benzene rings is 1. The molecule has 33 heavy (non-hydrogen) atoms. The van der Waals surface area contributed by atoms with Gasteiger partial charge in [-0.1, -0.05) is 39.8 Å². The Morgan fingerprint density at radius 3 is 2.48 bits per heavy atom. The van der Waals surface area contributed by atoms with Gasteiger partial charge in [-0.05, 0) is 41.4 Å². The van der Waals surface area contributed by atoms with E-state index in [1.54, 1.807) is 18.6 Å². The largest absolute Gasteiger partial charge is 0.437 e. The summed E-state index contributed by atoms with van der Waals surface area (Å²) < 4.78 is 5.91. The van der Waals surface area contributed by atoms with E-state index in [0.717, 1.165) is 29.8 Å². The first-order valence-corrected chi connectivity index (χ1v) is 11.5. The predicted molar refractivity (Wildman–Crippen MR) is 125 cm³/mol. The molecule has 1 aromatic heterocycles. The van der Waals surface area contributed by atoms with Crippen molar-refractivity contribution in [3.63, 3.8) is 0 Å². The van der Waals surface area contributed by atoms with Gasteiger partial charge in [0.25, 0.3) is 0 Å². The summed E-state index contributed by atoms with van der Waals surface area (Å²) in [5.74, 6) is 0.544. The van der Waals surface area contributed by atoms with E-state index < -0.39 is 5.92 Å². The van der Waals surface area contributed by atoms with Crippen LogP contribution >= 0.6 is 0 Å². The van der Waals surface area contributed by atoms with Crippen molar-refractivity contribution in [2.24, 2.45) is 21.7 Å². The Labute approximate surface area is 194 Å². The first-order valence-electron chi connectivity index (χ1n) is 11.5. The standard InChI is InChI=1S/C27H29N3O3/c1-26(2)11-18-24(20(31)13-26)23(25-19(30-18)12-27(3,4)14-21(25)32)16-6-5-7-17(10-16)33-22-15-28-8-9-29-22/h5-10,15,23-24H,11-14H2,1-4H3. The van der Waals surface area contributed by atoms with Crippen LogP contribution in [0.1, 0.15) is 64.9 Å². The minimum absolute atomic E-state index is 0.104. The van der Waals surface area contributed by atoms with Gasteiger partial charge in [0.2, 0.25) is 5.88 Å². The quantitative estimate of drug-likeness (QED) is 0.629. The number of carbonyl (C=O) groups is 2. The number of hydrogen-bond donors (Lipinski definition) is 0. The van der Waals surface area contributed by atoms with Gasteiger partial charge in [0, 0.05) is 48.1 Å².